The molecule has 1 aliphatic carbocycles. The molecule has 1 fully saturated rings. The highest BCUT2D eigenvalue weighted by atomic mass is 19.4. The topological polar surface area (TPSA) is 57.6 Å². The van der Waals surface area contributed by atoms with E-state index in [9.17, 15) is 22.8 Å². The van der Waals surface area contributed by atoms with Crippen LogP contribution in [0.4, 0.5) is 13.2 Å². The minimum Gasteiger partial charge on any atom is -0.481 e. The van der Waals surface area contributed by atoms with Crippen molar-refractivity contribution in [1.29, 1.82) is 0 Å². The van der Waals surface area contributed by atoms with Crippen LogP contribution in [0.2, 0.25) is 0 Å². The summed E-state index contributed by atoms with van der Waals surface area (Å²) in [4.78, 5) is 23.7. The third-order valence-corrected chi connectivity index (χ3v) is 3.44. The van der Waals surface area contributed by atoms with E-state index in [1.165, 1.54) is 6.92 Å². The molecular formula is C12H18F3NO3. The van der Waals surface area contributed by atoms with Crippen LogP contribution in [-0.4, -0.2) is 41.1 Å². The van der Waals surface area contributed by atoms with Crippen LogP contribution in [0.5, 0.6) is 0 Å². The largest absolute Gasteiger partial charge is 0.481 e. The lowest BCUT2D eigenvalue weighted by atomic mass is 9.80. The lowest BCUT2D eigenvalue weighted by Gasteiger charge is -2.31. The van der Waals surface area contributed by atoms with Crippen molar-refractivity contribution < 1.29 is 27.9 Å². The van der Waals surface area contributed by atoms with E-state index in [-0.39, 0.29) is 13.0 Å². The molecule has 0 aromatic carbocycles. The fraction of sp³-hybridized carbons (Fsp3) is 0.833. The Hall–Kier alpha value is -1.27. The van der Waals surface area contributed by atoms with Crippen LogP contribution in [0.1, 0.15) is 32.6 Å². The van der Waals surface area contributed by atoms with Gasteiger partial charge in [0, 0.05) is 12.5 Å². The molecule has 0 aliphatic heterocycles. The molecule has 0 heterocycles. The minimum atomic E-state index is -4.42. The molecule has 2 atom stereocenters. The molecule has 0 aromatic heterocycles. The van der Waals surface area contributed by atoms with E-state index in [0.717, 1.165) is 4.90 Å². The van der Waals surface area contributed by atoms with E-state index in [4.69, 9.17) is 5.11 Å². The Labute approximate surface area is 109 Å². The smallest absolute Gasteiger partial charge is 0.406 e. The second kappa shape index (κ2) is 6.25. The lowest BCUT2D eigenvalue weighted by Crippen LogP contribution is -2.43. The van der Waals surface area contributed by atoms with Crippen LogP contribution in [-0.2, 0) is 9.59 Å². The van der Waals surface area contributed by atoms with Gasteiger partial charge in [0.05, 0.1) is 5.92 Å². The molecule has 1 saturated carbocycles. The Morgan fingerprint density at radius 3 is 2.32 bits per heavy atom. The minimum absolute atomic E-state index is 0.0212. The van der Waals surface area contributed by atoms with Gasteiger partial charge in [-0.15, -0.1) is 0 Å². The predicted molar refractivity (Wildman–Crippen MR) is 61.4 cm³/mol. The number of carbonyl (C=O) groups is 2. The number of carboxylic acid groups (broad SMARTS) is 1. The number of amides is 1. The quantitative estimate of drug-likeness (QED) is 0.860. The van der Waals surface area contributed by atoms with Crippen molar-refractivity contribution in [2.24, 2.45) is 11.8 Å². The molecule has 1 aliphatic rings. The summed E-state index contributed by atoms with van der Waals surface area (Å²) in [6.07, 6.45) is -2.76. The molecule has 110 valence electrons. The van der Waals surface area contributed by atoms with Gasteiger partial charge in [0.1, 0.15) is 6.54 Å². The number of carbonyl (C=O) groups excluding carboxylic acids is 1. The van der Waals surface area contributed by atoms with E-state index in [0.29, 0.717) is 19.3 Å². The third kappa shape index (κ3) is 4.72. The Kier molecular flexibility index (Phi) is 5.20. The van der Waals surface area contributed by atoms with Crippen LogP contribution in [0.25, 0.3) is 0 Å². The molecule has 0 saturated heterocycles. The van der Waals surface area contributed by atoms with Gasteiger partial charge in [-0.05, 0) is 26.2 Å². The van der Waals surface area contributed by atoms with Crippen LogP contribution in [0, 0.1) is 11.8 Å². The maximum atomic E-state index is 12.3. The molecule has 4 nitrogen and oxygen atoms in total. The van der Waals surface area contributed by atoms with E-state index < -0.39 is 36.4 Å². The van der Waals surface area contributed by atoms with Crippen molar-refractivity contribution in [3.8, 4) is 0 Å². The Bertz CT molecular complexity index is 344. The van der Waals surface area contributed by atoms with Gasteiger partial charge in [0.15, 0.2) is 0 Å². The van der Waals surface area contributed by atoms with Crippen molar-refractivity contribution in [2.45, 2.75) is 38.8 Å². The van der Waals surface area contributed by atoms with Gasteiger partial charge in [-0.1, -0.05) is 6.42 Å². The summed E-state index contributed by atoms with van der Waals surface area (Å²) in [6.45, 7) is 0.199. The Morgan fingerprint density at radius 1 is 1.26 bits per heavy atom. The van der Waals surface area contributed by atoms with Crippen molar-refractivity contribution in [3.63, 3.8) is 0 Å². The standard InChI is InChI=1S/C12H18F3NO3/c1-2-16(7-12(13,14)15)10(17)8-4-3-5-9(6-8)11(18)19/h8-9H,2-7H2,1H3,(H,18,19)/t8-,9-/m0/s1. The molecule has 1 N–H and O–H groups in total. The highest BCUT2D eigenvalue weighted by Crippen LogP contribution is 2.31. The zero-order valence-corrected chi connectivity index (χ0v) is 10.7. The Balaban J connectivity index is 2.66. The van der Waals surface area contributed by atoms with E-state index in [1.54, 1.807) is 0 Å². The second-order valence-corrected chi connectivity index (χ2v) is 4.87. The van der Waals surface area contributed by atoms with Crippen LogP contribution < -0.4 is 0 Å². The lowest BCUT2D eigenvalue weighted by molar-refractivity contribution is -0.165. The number of aliphatic carboxylic acids is 1. The normalized spacial score (nSPS) is 24.0. The molecular weight excluding hydrogens is 263 g/mol. The summed E-state index contributed by atoms with van der Waals surface area (Å²) < 4.78 is 37.0. The first-order valence-electron chi connectivity index (χ1n) is 6.33. The fourth-order valence-corrected chi connectivity index (χ4v) is 2.46. The summed E-state index contributed by atoms with van der Waals surface area (Å²) in [5.74, 6) is -2.77. The van der Waals surface area contributed by atoms with Gasteiger partial charge >= 0.3 is 12.1 Å². The van der Waals surface area contributed by atoms with Gasteiger partial charge in [0.2, 0.25) is 5.91 Å². The van der Waals surface area contributed by atoms with Crippen molar-refractivity contribution in [3.05, 3.63) is 0 Å². The molecule has 0 unspecified atom stereocenters. The van der Waals surface area contributed by atoms with E-state index in [1.807, 2.05) is 0 Å². The maximum absolute atomic E-state index is 12.3. The molecule has 0 bridgehead atoms. The highest BCUT2D eigenvalue weighted by Gasteiger charge is 2.37. The van der Waals surface area contributed by atoms with Gasteiger partial charge < -0.3 is 10.0 Å². The zero-order valence-electron chi connectivity index (χ0n) is 10.7. The first-order chi connectivity index (χ1) is 8.74. The average Bonchev–Trinajstić information content (AvgIpc) is 2.34. The number of alkyl halides is 3. The van der Waals surface area contributed by atoms with Crippen molar-refractivity contribution in [2.75, 3.05) is 13.1 Å². The van der Waals surface area contributed by atoms with Gasteiger partial charge in [-0.25, -0.2) is 0 Å². The molecule has 1 amide bonds. The molecule has 19 heavy (non-hydrogen) atoms. The van der Waals surface area contributed by atoms with Crippen molar-refractivity contribution >= 4 is 11.9 Å². The van der Waals surface area contributed by atoms with E-state index in [2.05, 4.69) is 0 Å². The SMILES string of the molecule is CCN(CC(F)(F)F)C(=O)[C@H]1CCC[C@H](C(=O)O)C1. The maximum Gasteiger partial charge on any atom is 0.406 e. The molecule has 0 radical (unpaired) electrons. The monoisotopic (exact) mass is 281 g/mol. The van der Waals surface area contributed by atoms with Crippen LogP contribution >= 0.6 is 0 Å². The average molecular weight is 281 g/mol. The number of rotatable bonds is 4. The number of hydrogen-bond acceptors (Lipinski definition) is 2. The van der Waals surface area contributed by atoms with E-state index >= 15 is 0 Å². The van der Waals surface area contributed by atoms with Gasteiger partial charge in [0.25, 0.3) is 0 Å². The zero-order chi connectivity index (χ0) is 14.6. The summed E-state index contributed by atoms with van der Waals surface area (Å²) in [5, 5.41) is 8.92. The fourth-order valence-electron chi connectivity index (χ4n) is 2.46. The molecule has 1 rings (SSSR count). The summed E-state index contributed by atoms with van der Waals surface area (Å²) in [5.41, 5.74) is 0. The first-order valence-corrected chi connectivity index (χ1v) is 6.33. The summed E-state index contributed by atoms with van der Waals surface area (Å²) >= 11 is 0. The second-order valence-electron chi connectivity index (χ2n) is 4.87. The summed E-state index contributed by atoms with van der Waals surface area (Å²) in [7, 11) is 0. The van der Waals surface area contributed by atoms with Gasteiger partial charge in [-0.3, -0.25) is 9.59 Å². The number of nitrogens with zero attached hydrogens (tertiary/aromatic N) is 1. The Morgan fingerprint density at radius 2 is 1.84 bits per heavy atom. The van der Waals surface area contributed by atoms with Crippen LogP contribution in [0.3, 0.4) is 0 Å². The summed E-state index contributed by atoms with van der Waals surface area (Å²) in [6, 6.07) is 0. The molecule has 7 heteroatoms. The van der Waals surface area contributed by atoms with Crippen molar-refractivity contribution in [1.82, 2.24) is 4.90 Å². The number of halogens is 3. The third-order valence-electron chi connectivity index (χ3n) is 3.44. The number of carboxylic acids is 1. The predicted octanol–water partition coefficient (Wildman–Crippen LogP) is 2.29. The first kappa shape index (κ1) is 15.8. The molecule has 0 spiro atoms. The highest BCUT2D eigenvalue weighted by molar-refractivity contribution is 5.80. The number of hydrogen-bond donors (Lipinski definition) is 1. The molecule has 0 aromatic rings. The van der Waals surface area contributed by atoms with Crippen LogP contribution in [0.15, 0.2) is 0 Å². The van der Waals surface area contributed by atoms with Gasteiger partial charge in [-0.2, -0.15) is 13.2 Å².